The number of piperidine rings is 1. The summed E-state index contributed by atoms with van der Waals surface area (Å²) in [5.74, 6) is 2.26. The van der Waals surface area contributed by atoms with Crippen molar-refractivity contribution in [3.63, 3.8) is 0 Å². The van der Waals surface area contributed by atoms with Gasteiger partial charge in [-0.1, -0.05) is 0 Å². The van der Waals surface area contributed by atoms with Crippen molar-refractivity contribution < 1.29 is 4.79 Å². The predicted molar refractivity (Wildman–Crippen MR) is 96.7 cm³/mol. The number of carbonyl (C=O) groups excluding carboxylic acids is 1. The number of carbonyl (C=O) groups is 1. The molecule has 0 radical (unpaired) electrons. The lowest BCUT2D eigenvalue weighted by molar-refractivity contribution is 0.0697. The molecule has 2 saturated heterocycles. The minimum atomic E-state index is 0.00732. The van der Waals surface area contributed by atoms with Gasteiger partial charge in [0.25, 0.3) is 5.91 Å². The van der Waals surface area contributed by atoms with Crippen LogP contribution in [0.1, 0.15) is 59.4 Å². The molecule has 0 saturated carbocycles. The smallest absolute Gasteiger partial charge is 0.274 e. The number of aromatic nitrogens is 5. The van der Waals surface area contributed by atoms with Crippen molar-refractivity contribution in [1.29, 1.82) is 0 Å². The molecule has 1 atom stereocenters. The van der Waals surface area contributed by atoms with Gasteiger partial charge in [-0.05, 0) is 45.7 Å². The Morgan fingerprint density at radius 3 is 2.77 bits per heavy atom. The summed E-state index contributed by atoms with van der Waals surface area (Å²) in [5, 5.41) is 8.92. The molecule has 0 aromatic carbocycles. The molecule has 140 valence electrons. The number of imidazole rings is 1. The first-order valence-electron chi connectivity index (χ1n) is 9.53. The molecule has 8 heteroatoms. The molecule has 1 N–H and O–H groups in total. The SMILES string of the molecule is Cc1[nH]cnc1C(=O)N1CCC[C@H](c2nnc(CN3CCCC3)n2C)C1. The standard InChI is InChI=1S/C18H27N7O/c1-13-16(20-12-19-13)18(26)25-9-5-6-14(10-25)17-22-21-15(23(17)2)11-24-7-3-4-8-24/h12,14H,3-11H2,1-2H3,(H,19,20)/t14-/m0/s1. The normalized spacial score (nSPS) is 21.5. The second-order valence-corrected chi connectivity index (χ2v) is 7.48. The largest absolute Gasteiger partial charge is 0.348 e. The summed E-state index contributed by atoms with van der Waals surface area (Å²) in [6.45, 7) is 6.51. The van der Waals surface area contributed by atoms with E-state index >= 15 is 0 Å². The molecular formula is C18H27N7O. The Kier molecular flexibility index (Phi) is 4.76. The maximum absolute atomic E-state index is 12.8. The van der Waals surface area contributed by atoms with Gasteiger partial charge in [0.2, 0.25) is 0 Å². The van der Waals surface area contributed by atoms with Gasteiger partial charge in [0.05, 0.1) is 12.9 Å². The minimum absolute atomic E-state index is 0.00732. The molecule has 0 spiro atoms. The zero-order valence-electron chi connectivity index (χ0n) is 15.6. The van der Waals surface area contributed by atoms with Crippen LogP contribution in [0.3, 0.4) is 0 Å². The summed E-state index contributed by atoms with van der Waals surface area (Å²) in [4.78, 5) is 24.3. The molecule has 2 aliphatic heterocycles. The second-order valence-electron chi connectivity index (χ2n) is 7.48. The first-order chi connectivity index (χ1) is 12.6. The van der Waals surface area contributed by atoms with Gasteiger partial charge >= 0.3 is 0 Å². The summed E-state index contributed by atoms with van der Waals surface area (Å²) in [7, 11) is 2.05. The van der Waals surface area contributed by atoms with E-state index in [1.165, 1.54) is 12.8 Å². The number of likely N-dealkylation sites (tertiary alicyclic amines) is 2. The summed E-state index contributed by atoms with van der Waals surface area (Å²) in [5.41, 5.74) is 1.35. The molecule has 2 fully saturated rings. The maximum atomic E-state index is 12.8. The predicted octanol–water partition coefficient (Wildman–Crippen LogP) is 1.46. The van der Waals surface area contributed by atoms with Gasteiger partial charge in [-0.25, -0.2) is 4.98 Å². The van der Waals surface area contributed by atoms with E-state index in [-0.39, 0.29) is 11.8 Å². The molecule has 26 heavy (non-hydrogen) atoms. The Labute approximate surface area is 153 Å². The van der Waals surface area contributed by atoms with Crippen molar-refractivity contribution in [2.24, 2.45) is 7.05 Å². The summed E-state index contributed by atoms with van der Waals surface area (Å²) >= 11 is 0. The fraction of sp³-hybridized carbons (Fsp3) is 0.667. The van der Waals surface area contributed by atoms with E-state index in [2.05, 4.69) is 36.7 Å². The zero-order chi connectivity index (χ0) is 18.1. The number of aromatic amines is 1. The van der Waals surface area contributed by atoms with Crippen LogP contribution in [-0.4, -0.2) is 66.6 Å². The highest BCUT2D eigenvalue weighted by molar-refractivity contribution is 5.93. The fourth-order valence-electron chi connectivity index (χ4n) is 4.11. The third kappa shape index (κ3) is 3.25. The summed E-state index contributed by atoms with van der Waals surface area (Å²) < 4.78 is 2.14. The molecule has 0 aliphatic carbocycles. The van der Waals surface area contributed by atoms with Gasteiger partial charge in [0.1, 0.15) is 17.3 Å². The van der Waals surface area contributed by atoms with Gasteiger partial charge in [-0.3, -0.25) is 9.69 Å². The number of rotatable bonds is 4. The van der Waals surface area contributed by atoms with Crippen LogP contribution in [0, 0.1) is 6.92 Å². The Bertz CT molecular complexity index is 774. The molecule has 4 rings (SSSR count). The van der Waals surface area contributed by atoms with Crippen LogP contribution < -0.4 is 0 Å². The van der Waals surface area contributed by atoms with Crippen LogP contribution >= 0.6 is 0 Å². The van der Waals surface area contributed by atoms with Gasteiger partial charge < -0.3 is 14.5 Å². The topological polar surface area (TPSA) is 82.9 Å². The fourth-order valence-corrected chi connectivity index (χ4v) is 4.11. The quantitative estimate of drug-likeness (QED) is 0.896. The van der Waals surface area contributed by atoms with Crippen LogP contribution in [0.5, 0.6) is 0 Å². The Balaban J connectivity index is 1.47. The van der Waals surface area contributed by atoms with Crippen molar-refractivity contribution in [3.05, 3.63) is 29.4 Å². The molecule has 2 aromatic heterocycles. The molecule has 0 unspecified atom stereocenters. The van der Waals surface area contributed by atoms with E-state index in [0.29, 0.717) is 12.2 Å². The Morgan fingerprint density at radius 1 is 1.23 bits per heavy atom. The van der Waals surface area contributed by atoms with Crippen molar-refractivity contribution in [2.45, 2.75) is 45.1 Å². The van der Waals surface area contributed by atoms with Gasteiger partial charge in [0.15, 0.2) is 0 Å². The van der Waals surface area contributed by atoms with E-state index in [4.69, 9.17) is 0 Å². The lowest BCUT2D eigenvalue weighted by Crippen LogP contribution is -2.40. The Hall–Kier alpha value is -2.22. The van der Waals surface area contributed by atoms with E-state index in [9.17, 15) is 4.79 Å². The van der Waals surface area contributed by atoms with Crippen molar-refractivity contribution in [2.75, 3.05) is 26.2 Å². The molecule has 2 aromatic rings. The number of nitrogens with one attached hydrogen (secondary N) is 1. The zero-order valence-corrected chi connectivity index (χ0v) is 15.6. The Morgan fingerprint density at radius 2 is 2.04 bits per heavy atom. The highest BCUT2D eigenvalue weighted by atomic mass is 16.2. The molecule has 1 amide bonds. The van der Waals surface area contributed by atoms with E-state index in [1.807, 2.05) is 11.8 Å². The van der Waals surface area contributed by atoms with E-state index in [0.717, 1.165) is 56.4 Å². The van der Waals surface area contributed by atoms with E-state index < -0.39 is 0 Å². The third-order valence-corrected chi connectivity index (χ3v) is 5.67. The number of hydrogen-bond donors (Lipinski definition) is 1. The van der Waals surface area contributed by atoms with E-state index in [1.54, 1.807) is 6.33 Å². The van der Waals surface area contributed by atoms with Crippen LogP contribution in [0.2, 0.25) is 0 Å². The van der Waals surface area contributed by atoms with Gasteiger partial charge in [0, 0.05) is 31.7 Å². The molecular weight excluding hydrogens is 330 g/mol. The maximum Gasteiger partial charge on any atom is 0.274 e. The summed E-state index contributed by atoms with van der Waals surface area (Å²) in [6.07, 6.45) is 6.15. The first kappa shape index (κ1) is 17.2. The molecule has 0 bridgehead atoms. The first-order valence-corrected chi connectivity index (χ1v) is 9.53. The molecule has 2 aliphatic rings. The van der Waals surface area contributed by atoms with Crippen molar-refractivity contribution in [3.8, 4) is 0 Å². The number of amides is 1. The average molecular weight is 357 g/mol. The third-order valence-electron chi connectivity index (χ3n) is 5.67. The van der Waals surface area contributed by atoms with Crippen LogP contribution in [0.25, 0.3) is 0 Å². The lowest BCUT2D eigenvalue weighted by atomic mass is 9.96. The number of hydrogen-bond acceptors (Lipinski definition) is 5. The highest BCUT2D eigenvalue weighted by Crippen LogP contribution is 2.27. The van der Waals surface area contributed by atoms with Crippen LogP contribution in [0.4, 0.5) is 0 Å². The van der Waals surface area contributed by atoms with Gasteiger partial charge in [-0.2, -0.15) is 0 Å². The number of nitrogens with zero attached hydrogens (tertiary/aromatic N) is 6. The second kappa shape index (κ2) is 7.19. The van der Waals surface area contributed by atoms with Gasteiger partial charge in [-0.15, -0.1) is 10.2 Å². The number of aryl methyl sites for hydroxylation is 1. The summed E-state index contributed by atoms with van der Waals surface area (Å²) in [6, 6.07) is 0. The average Bonchev–Trinajstić information content (AvgIpc) is 3.38. The lowest BCUT2D eigenvalue weighted by Gasteiger charge is -2.32. The monoisotopic (exact) mass is 357 g/mol. The highest BCUT2D eigenvalue weighted by Gasteiger charge is 2.30. The molecule has 8 nitrogen and oxygen atoms in total. The van der Waals surface area contributed by atoms with Crippen LogP contribution in [-0.2, 0) is 13.6 Å². The molecule has 4 heterocycles. The van der Waals surface area contributed by atoms with Crippen molar-refractivity contribution in [1.82, 2.24) is 34.5 Å². The minimum Gasteiger partial charge on any atom is -0.348 e. The number of H-pyrrole nitrogens is 1. The van der Waals surface area contributed by atoms with Crippen molar-refractivity contribution >= 4 is 5.91 Å². The van der Waals surface area contributed by atoms with Crippen LogP contribution in [0.15, 0.2) is 6.33 Å².